The second kappa shape index (κ2) is 7.06. The quantitative estimate of drug-likeness (QED) is 0.837. The van der Waals surface area contributed by atoms with Gasteiger partial charge in [-0.2, -0.15) is 0 Å². The van der Waals surface area contributed by atoms with E-state index in [1.54, 1.807) is 4.90 Å². The fourth-order valence-electron chi connectivity index (χ4n) is 4.46. The van der Waals surface area contributed by atoms with E-state index in [4.69, 9.17) is 0 Å². The van der Waals surface area contributed by atoms with Crippen molar-refractivity contribution in [1.82, 2.24) is 4.90 Å². The van der Waals surface area contributed by atoms with Crippen LogP contribution in [0.3, 0.4) is 0 Å². The molecule has 28 heavy (non-hydrogen) atoms. The fraction of sp³-hybridized carbons (Fsp3) is 0.391. The molecule has 2 N–H and O–H groups in total. The van der Waals surface area contributed by atoms with E-state index < -0.39 is 22.9 Å². The first kappa shape index (κ1) is 18.7. The molecule has 0 bridgehead atoms. The number of rotatable bonds is 5. The van der Waals surface area contributed by atoms with Gasteiger partial charge in [0.1, 0.15) is 5.41 Å². The Kier molecular flexibility index (Phi) is 4.71. The summed E-state index contributed by atoms with van der Waals surface area (Å²) in [6.45, 7) is 0.413. The van der Waals surface area contributed by atoms with Gasteiger partial charge >= 0.3 is 5.97 Å². The molecule has 1 saturated carbocycles. The number of aliphatic hydroxyl groups excluding tert-OH is 1. The van der Waals surface area contributed by atoms with Crippen LogP contribution in [0.1, 0.15) is 30.4 Å². The van der Waals surface area contributed by atoms with Gasteiger partial charge in [0.15, 0.2) is 0 Å². The smallest absolute Gasteiger partial charge is 0.312 e. The highest BCUT2D eigenvalue weighted by Crippen LogP contribution is 2.50. The van der Waals surface area contributed by atoms with Gasteiger partial charge in [0.25, 0.3) is 0 Å². The Hall–Kier alpha value is -2.66. The second-order valence-electron chi connectivity index (χ2n) is 8.09. The molecular weight excluding hydrogens is 354 g/mol. The van der Waals surface area contributed by atoms with Crippen molar-refractivity contribution in [3.63, 3.8) is 0 Å². The zero-order valence-corrected chi connectivity index (χ0v) is 15.8. The predicted octanol–water partition coefficient (Wildman–Crippen LogP) is 2.63. The summed E-state index contributed by atoms with van der Waals surface area (Å²) in [6, 6.07) is 19.1. The normalized spacial score (nSPS) is 25.9. The molecule has 5 heteroatoms. The third-order valence-corrected chi connectivity index (χ3v) is 6.42. The van der Waals surface area contributed by atoms with Crippen molar-refractivity contribution >= 4 is 11.9 Å². The van der Waals surface area contributed by atoms with Crippen LogP contribution in [0.15, 0.2) is 60.7 Å². The average Bonchev–Trinajstić information content (AvgIpc) is 3.52. The lowest BCUT2D eigenvalue weighted by Crippen LogP contribution is -2.58. The van der Waals surface area contributed by atoms with Crippen LogP contribution in [-0.4, -0.2) is 46.2 Å². The van der Waals surface area contributed by atoms with Crippen LogP contribution in [0, 0.1) is 5.41 Å². The SMILES string of the molecule is O=C(N1CC[C@](Cc2ccccc2)(C(=O)O)[C@H](O)C1)C1(c2ccccc2)CC1. The summed E-state index contributed by atoms with van der Waals surface area (Å²) >= 11 is 0. The molecule has 5 nitrogen and oxygen atoms in total. The van der Waals surface area contributed by atoms with Crippen molar-refractivity contribution in [2.24, 2.45) is 5.41 Å². The van der Waals surface area contributed by atoms with Gasteiger partial charge in [-0.3, -0.25) is 9.59 Å². The average molecular weight is 379 g/mol. The first-order valence-electron chi connectivity index (χ1n) is 9.78. The summed E-state index contributed by atoms with van der Waals surface area (Å²) in [7, 11) is 0. The van der Waals surface area contributed by atoms with Crippen LogP contribution >= 0.6 is 0 Å². The zero-order chi connectivity index (χ0) is 19.8. The molecule has 2 aromatic carbocycles. The van der Waals surface area contributed by atoms with Crippen LogP contribution in [0.4, 0.5) is 0 Å². The fourth-order valence-corrected chi connectivity index (χ4v) is 4.46. The van der Waals surface area contributed by atoms with E-state index >= 15 is 0 Å². The number of carbonyl (C=O) groups excluding carboxylic acids is 1. The molecule has 0 radical (unpaired) electrons. The molecule has 0 spiro atoms. The lowest BCUT2D eigenvalue weighted by Gasteiger charge is -2.43. The first-order valence-corrected chi connectivity index (χ1v) is 9.78. The number of carboxylic acid groups (broad SMARTS) is 1. The summed E-state index contributed by atoms with van der Waals surface area (Å²) < 4.78 is 0. The number of aliphatic hydroxyl groups is 1. The van der Waals surface area contributed by atoms with Crippen LogP contribution in [-0.2, 0) is 21.4 Å². The number of nitrogens with zero attached hydrogens (tertiary/aromatic N) is 1. The van der Waals surface area contributed by atoms with Gasteiger partial charge in [0.2, 0.25) is 5.91 Å². The number of carboxylic acids is 1. The van der Waals surface area contributed by atoms with Gasteiger partial charge < -0.3 is 15.1 Å². The van der Waals surface area contributed by atoms with Crippen molar-refractivity contribution in [2.45, 2.75) is 37.2 Å². The van der Waals surface area contributed by atoms with Crippen molar-refractivity contribution in [3.05, 3.63) is 71.8 Å². The zero-order valence-electron chi connectivity index (χ0n) is 15.8. The minimum absolute atomic E-state index is 0.0106. The molecule has 1 amide bonds. The summed E-state index contributed by atoms with van der Waals surface area (Å²) in [6.07, 6.45) is 1.01. The molecule has 1 heterocycles. The Bertz CT molecular complexity index is 863. The molecule has 2 fully saturated rings. The van der Waals surface area contributed by atoms with Gasteiger partial charge in [-0.15, -0.1) is 0 Å². The van der Waals surface area contributed by atoms with Crippen LogP contribution in [0.5, 0.6) is 0 Å². The standard InChI is InChI=1S/C23H25NO4/c25-19-16-24(20(26)22(11-12-22)18-9-5-2-6-10-18)14-13-23(19,21(27)28)15-17-7-3-1-4-8-17/h1-10,19,25H,11-16H2,(H,27,28)/t19-,23-/m1/s1. The Morgan fingerprint density at radius 1 is 0.964 bits per heavy atom. The van der Waals surface area contributed by atoms with Crippen LogP contribution < -0.4 is 0 Å². The van der Waals surface area contributed by atoms with E-state index in [0.29, 0.717) is 6.54 Å². The summed E-state index contributed by atoms with van der Waals surface area (Å²) in [5.74, 6) is -0.989. The van der Waals surface area contributed by atoms with Crippen molar-refractivity contribution in [1.29, 1.82) is 0 Å². The van der Waals surface area contributed by atoms with Gasteiger partial charge in [0.05, 0.1) is 11.5 Å². The Morgan fingerprint density at radius 3 is 2.11 bits per heavy atom. The van der Waals surface area contributed by atoms with Gasteiger partial charge in [-0.05, 0) is 36.8 Å². The van der Waals surface area contributed by atoms with E-state index in [2.05, 4.69) is 0 Å². The number of likely N-dealkylation sites (tertiary alicyclic amines) is 1. The summed E-state index contributed by atoms with van der Waals surface area (Å²) in [4.78, 5) is 27.0. The maximum Gasteiger partial charge on any atom is 0.312 e. The predicted molar refractivity (Wildman–Crippen MR) is 105 cm³/mol. The van der Waals surface area contributed by atoms with Crippen molar-refractivity contribution < 1.29 is 19.8 Å². The number of hydrogen-bond acceptors (Lipinski definition) is 3. The van der Waals surface area contributed by atoms with E-state index in [1.807, 2.05) is 60.7 Å². The summed E-state index contributed by atoms with van der Waals surface area (Å²) in [5.41, 5.74) is 0.131. The first-order chi connectivity index (χ1) is 13.5. The molecule has 1 aliphatic carbocycles. The molecule has 2 atom stereocenters. The number of piperidine rings is 1. The lowest BCUT2D eigenvalue weighted by atomic mass is 9.71. The number of aliphatic carboxylic acids is 1. The molecule has 2 aromatic rings. The molecule has 4 rings (SSSR count). The maximum absolute atomic E-state index is 13.2. The Morgan fingerprint density at radius 2 is 1.57 bits per heavy atom. The highest BCUT2D eigenvalue weighted by molar-refractivity contribution is 5.91. The van der Waals surface area contributed by atoms with Gasteiger partial charge in [0, 0.05) is 13.1 Å². The number of carbonyl (C=O) groups is 2. The van der Waals surface area contributed by atoms with Crippen LogP contribution in [0.25, 0.3) is 0 Å². The monoisotopic (exact) mass is 379 g/mol. The highest BCUT2D eigenvalue weighted by Gasteiger charge is 2.56. The van der Waals surface area contributed by atoms with E-state index in [9.17, 15) is 19.8 Å². The highest BCUT2D eigenvalue weighted by atomic mass is 16.4. The number of β-amino-alcohol motifs (C(OH)–C–C–N with tert-alkyl or cyclic N) is 1. The number of benzene rings is 2. The van der Waals surface area contributed by atoms with Crippen molar-refractivity contribution in [2.75, 3.05) is 13.1 Å². The van der Waals surface area contributed by atoms with E-state index in [-0.39, 0.29) is 25.3 Å². The third-order valence-electron chi connectivity index (χ3n) is 6.42. The second-order valence-corrected chi connectivity index (χ2v) is 8.09. The van der Waals surface area contributed by atoms with Crippen LogP contribution in [0.2, 0.25) is 0 Å². The molecule has 1 aliphatic heterocycles. The molecule has 0 unspecified atom stereocenters. The Balaban J connectivity index is 1.53. The molecule has 0 aromatic heterocycles. The number of hydrogen-bond donors (Lipinski definition) is 2. The largest absolute Gasteiger partial charge is 0.481 e. The van der Waals surface area contributed by atoms with E-state index in [1.165, 1.54) is 0 Å². The topological polar surface area (TPSA) is 77.8 Å². The molecule has 146 valence electrons. The van der Waals surface area contributed by atoms with E-state index in [0.717, 1.165) is 24.0 Å². The lowest BCUT2D eigenvalue weighted by molar-refractivity contribution is -0.166. The Labute approximate surface area is 164 Å². The molecule has 1 saturated heterocycles. The van der Waals surface area contributed by atoms with Crippen molar-refractivity contribution in [3.8, 4) is 0 Å². The summed E-state index contributed by atoms with van der Waals surface area (Å²) in [5, 5.41) is 20.8. The minimum Gasteiger partial charge on any atom is -0.481 e. The molecule has 2 aliphatic rings. The number of amides is 1. The van der Waals surface area contributed by atoms with Gasteiger partial charge in [-0.1, -0.05) is 60.7 Å². The van der Waals surface area contributed by atoms with Gasteiger partial charge in [-0.25, -0.2) is 0 Å². The third kappa shape index (κ3) is 3.10. The molecular formula is C23H25NO4. The maximum atomic E-state index is 13.2. The minimum atomic E-state index is -1.26.